The van der Waals surface area contributed by atoms with Crippen LogP contribution in [0.5, 0.6) is 5.75 Å². The van der Waals surface area contributed by atoms with Gasteiger partial charge >= 0.3 is 0 Å². The third kappa shape index (κ3) is 4.79. The lowest BCUT2D eigenvalue weighted by Gasteiger charge is -2.07. The molecular weight excluding hydrogens is 470 g/mol. The molecule has 3 aromatic carbocycles. The molecule has 0 saturated carbocycles. The van der Waals surface area contributed by atoms with Crippen LogP contribution in [-0.4, -0.2) is 17.6 Å². The number of methoxy groups -OCH3 is 1. The standard InChI is InChI=1S/C26H18ClN3O3S/c1-33-19-13-11-17(12-14-19)15-23-25(32)30(18-7-3-2-4-8-18)26(34-23)20(16-28)24(31)29-22-10-6-5-9-21(22)27/h2-15H,1H3,(H,29,31). The summed E-state index contributed by atoms with van der Waals surface area (Å²) in [7, 11) is 1.58. The fraction of sp³-hybridized carbons (Fsp3) is 0.0385. The summed E-state index contributed by atoms with van der Waals surface area (Å²) in [5.41, 5.74) is 1.18. The van der Waals surface area contributed by atoms with Gasteiger partial charge in [-0.25, -0.2) is 0 Å². The zero-order valence-electron chi connectivity index (χ0n) is 18.0. The van der Waals surface area contributed by atoms with Gasteiger partial charge in [-0.3, -0.25) is 14.2 Å². The van der Waals surface area contributed by atoms with Gasteiger partial charge in [0.05, 0.1) is 28.0 Å². The van der Waals surface area contributed by atoms with E-state index in [0.29, 0.717) is 26.7 Å². The molecule has 0 saturated heterocycles. The second-order valence-electron chi connectivity index (χ2n) is 7.09. The average Bonchev–Trinajstić information content (AvgIpc) is 3.17. The number of benzene rings is 3. The molecular formula is C26H18ClN3O3S. The first-order valence-corrected chi connectivity index (χ1v) is 11.3. The summed E-state index contributed by atoms with van der Waals surface area (Å²) in [4.78, 5) is 26.5. The molecule has 0 radical (unpaired) electrons. The summed E-state index contributed by atoms with van der Waals surface area (Å²) in [5, 5.41) is 12.9. The minimum absolute atomic E-state index is 0.194. The van der Waals surface area contributed by atoms with Gasteiger partial charge in [0.25, 0.3) is 11.5 Å². The number of thiazole rings is 1. The zero-order valence-corrected chi connectivity index (χ0v) is 19.6. The van der Waals surface area contributed by atoms with Crippen LogP contribution in [0.1, 0.15) is 5.56 Å². The lowest BCUT2D eigenvalue weighted by molar-refractivity contribution is -0.111. The molecule has 0 bridgehead atoms. The monoisotopic (exact) mass is 487 g/mol. The number of carbonyl (C=O) groups is 1. The molecule has 8 heteroatoms. The Hall–Kier alpha value is -4.12. The Kier molecular flexibility index (Phi) is 6.93. The quantitative estimate of drug-likeness (QED) is 0.465. The third-order valence-corrected chi connectivity index (χ3v) is 6.35. The maximum Gasteiger partial charge on any atom is 0.273 e. The minimum Gasteiger partial charge on any atom is -0.497 e. The molecule has 1 N–H and O–H groups in total. The number of carbonyl (C=O) groups excluding carboxylic acids is 1. The van der Waals surface area contributed by atoms with Crippen LogP contribution in [0.25, 0.3) is 17.3 Å². The SMILES string of the molecule is COc1ccc(C=c2sc(=C(C#N)C(=O)Nc3ccccc3Cl)n(-c3ccccc3)c2=O)cc1. The van der Waals surface area contributed by atoms with Crippen LogP contribution in [0.2, 0.25) is 5.02 Å². The summed E-state index contributed by atoms with van der Waals surface area (Å²) in [5.74, 6) is 0.0413. The molecule has 0 aliphatic carbocycles. The molecule has 168 valence electrons. The molecule has 0 unspecified atom stereocenters. The largest absolute Gasteiger partial charge is 0.497 e. The molecule has 1 amide bonds. The van der Waals surface area contributed by atoms with Crippen molar-refractivity contribution in [2.24, 2.45) is 0 Å². The van der Waals surface area contributed by atoms with Crippen LogP contribution in [0.15, 0.2) is 83.7 Å². The first-order valence-electron chi connectivity index (χ1n) is 10.1. The molecule has 34 heavy (non-hydrogen) atoms. The van der Waals surface area contributed by atoms with Gasteiger partial charge < -0.3 is 10.1 Å². The Labute approximate surface area is 204 Å². The number of halogens is 1. The van der Waals surface area contributed by atoms with Gasteiger partial charge in [-0.1, -0.05) is 54.1 Å². The topological polar surface area (TPSA) is 84.1 Å². The third-order valence-electron chi connectivity index (χ3n) is 4.93. The van der Waals surface area contributed by atoms with E-state index in [2.05, 4.69) is 5.32 Å². The first kappa shape index (κ1) is 23.1. The number of rotatable bonds is 5. The first-order chi connectivity index (χ1) is 16.5. The summed E-state index contributed by atoms with van der Waals surface area (Å²) in [6.45, 7) is 0. The molecule has 0 aliphatic rings. The number of aromatic nitrogens is 1. The highest BCUT2D eigenvalue weighted by Crippen LogP contribution is 2.21. The maximum atomic E-state index is 13.4. The Bertz CT molecular complexity index is 1570. The van der Waals surface area contributed by atoms with Crippen molar-refractivity contribution < 1.29 is 9.53 Å². The van der Waals surface area contributed by atoms with Gasteiger partial charge in [-0.05, 0) is 48.0 Å². The molecule has 4 rings (SSSR count). The number of nitrogens with zero attached hydrogens (tertiary/aromatic N) is 2. The smallest absolute Gasteiger partial charge is 0.273 e. The van der Waals surface area contributed by atoms with E-state index >= 15 is 0 Å². The predicted molar refractivity (Wildman–Crippen MR) is 135 cm³/mol. The van der Waals surface area contributed by atoms with E-state index < -0.39 is 5.91 Å². The lowest BCUT2D eigenvalue weighted by Crippen LogP contribution is -2.32. The summed E-state index contributed by atoms with van der Waals surface area (Å²) in [6, 6.07) is 24.8. The van der Waals surface area contributed by atoms with Gasteiger partial charge in [0, 0.05) is 0 Å². The van der Waals surface area contributed by atoms with Crippen molar-refractivity contribution in [3.63, 3.8) is 0 Å². The molecule has 1 aromatic heterocycles. The minimum atomic E-state index is -0.655. The van der Waals surface area contributed by atoms with Crippen LogP contribution in [-0.2, 0) is 4.79 Å². The molecule has 0 fully saturated rings. The number of nitriles is 1. The van der Waals surface area contributed by atoms with Gasteiger partial charge in [0.2, 0.25) is 0 Å². The van der Waals surface area contributed by atoms with Crippen LogP contribution in [0, 0.1) is 11.3 Å². The summed E-state index contributed by atoms with van der Waals surface area (Å²) < 4.78 is 7.17. The number of anilines is 1. The van der Waals surface area contributed by atoms with E-state index in [1.54, 1.807) is 73.8 Å². The van der Waals surface area contributed by atoms with Gasteiger partial charge in [-0.2, -0.15) is 5.26 Å². The number of para-hydroxylation sites is 2. The van der Waals surface area contributed by atoms with Crippen LogP contribution in [0.4, 0.5) is 5.69 Å². The highest BCUT2D eigenvalue weighted by atomic mass is 35.5. The van der Waals surface area contributed by atoms with Crippen LogP contribution >= 0.6 is 22.9 Å². The Morgan fingerprint density at radius 1 is 1.06 bits per heavy atom. The number of ether oxygens (including phenoxy) is 1. The van der Waals surface area contributed by atoms with Crippen molar-refractivity contribution in [1.82, 2.24) is 4.57 Å². The highest BCUT2D eigenvalue weighted by Gasteiger charge is 2.18. The molecule has 1 heterocycles. The van der Waals surface area contributed by atoms with Crippen molar-refractivity contribution in [2.75, 3.05) is 12.4 Å². The zero-order chi connectivity index (χ0) is 24.1. The van der Waals surface area contributed by atoms with Crippen LogP contribution in [0.3, 0.4) is 0 Å². The van der Waals surface area contributed by atoms with Crippen molar-refractivity contribution in [2.45, 2.75) is 0 Å². The second kappa shape index (κ2) is 10.2. The Balaban J connectivity index is 1.93. The second-order valence-corrected chi connectivity index (χ2v) is 8.52. The predicted octanol–water partition coefficient (Wildman–Crippen LogP) is 3.70. The molecule has 0 atom stereocenters. The van der Waals surface area contributed by atoms with Crippen molar-refractivity contribution in [3.8, 4) is 17.5 Å². The Morgan fingerprint density at radius 2 is 1.74 bits per heavy atom. The van der Waals surface area contributed by atoms with Crippen molar-refractivity contribution in [3.05, 3.63) is 109 Å². The van der Waals surface area contributed by atoms with E-state index in [-0.39, 0.29) is 15.8 Å². The highest BCUT2D eigenvalue weighted by molar-refractivity contribution is 7.07. The number of amides is 1. The van der Waals surface area contributed by atoms with Crippen molar-refractivity contribution >= 4 is 46.2 Å². The van der Waals surface area contributed by atoms with E-state index in [0.717, 1.165) is 16.9 Å². The van der Waals surface area contributed by atoms with Crippen LogP contribution < -0.4 is 24.8 Å². The Morgan fingerprint density at radius 3 is 2.38 bits per heavy atom. The van der Waals surface area contributed by atoms with Gasteiger partial charge in [-0.15, -0.1) is 11.3 Å². The van der Waals surface area contributed by atoms with E-state index in [4.69, 9.17) is 16.3 Å². The number of hydrogen-bond donors (Lipinski definition) is 1. The fourth-order valence-electron chi connectivity index (χ4n) is 3.26. The van der Waals surface area contributed by atoms with Crippen molar-refractivity contribution in [1.29, 1.82) is 5.26 Å². The lowest BCUT2D eigenvalue weighted by atomic mass is 10.2. The van der Waals surface area contributed by atoms with E-state index in [9.17, 15) is 14.9 Å². The number of nitrogens with one attached hydrogen (secondary N) is 1. The summed E-state index contributed by atoms with van der Waals surface area (Å²) >= 11 is 7.23. The summed E-state index contributed by atoms with van der Waals surface area (Å²) in [6.07, 6.45) is 1.72. The molecule has 6 nitrogen and oxygen atoms in total. The van der Waals surface area contributed by atoms with E-state index in [1.165, 1.54) is 4.57 Å². The maximum absolute atomic E-state index is 13.4. The van der Waals surface area contributed by atoms with Gasteiger partial charge in [0.1, 0.15) is 16.5 Å². The fourth-order valence-corrected chi connectivity index (χ4v) is 4.54. The number of hydrogen-bond acceptors (Lipinski definition) is 5. The molecule has 0 aliphatic heterocycles. The average molecular weight is 488 g/mol. The molecule has 4 aromatic rings. The molecule has 0 spiro atoms. The van der Waals surface area contributed by atoms with Gasteiger partial charge in [0.15, 0.2) is 5.57 Å². The normalized spacial score (nSPS) is 12.1. The van der Waals surface area contributed by atoms with E-state index in [1.807, 2.05) is 24.3 Å².